The van der Waals surface area contributed by atoms with Gasteiger partial charge in [-0.25, -0.2) is 4.98 Å². The highest BCUT2D eigenvalue weighted by Crippen LogP contribution is 2.18. The maximum Gasteiger partial charge on any atom is 0.147 e. The lowest BCUT2D eigenvalue weighted by Gasteiger charge is -2.42. The summed E-state index contributed by atoms with van der Waals surface area (Å²) in [7, 11) is 1.93. The van der Waals surface area contributed by atoms with Gasteiger partial charge in [0.2, 0.25) is 0 Å². The van der Waals surface area contributed by atoms with Crippen LogP contribution in [-0.2, 0) is 6.54 Å². The van der Waals surface area contributed by atoms with Crippen LogP contribution in [0.3, 0.4) is 0 Å². The lowest BCUT2D eigenvalue weighted by atomic mass is 10.1. The Balaban J connectivity index is 1.99. The Morgan fingerprint density at radius 3 is 2.42 bits per heavy atom. The van der Waals surface area contributed by atoms with Gasteiger partial charge >= 0.3 is 0 Å². The molecule has 1 aromatic rings. The minimum absolute atomic E-state index is 0.256. The zero-order valence-corrected chi connectivity index (χ0v) is 12.5. The van der Waals surface area contributed by atoms with Crippen LogP contribution < -0.4 is 10.2 Å². The average Bonchev–Trinajstić information content (AvgIpc) is 2.39. The molecule has 1 aliphatic heterocycles. The third kappa shape index (κ3) is 3.64. The molecule has 1 aromatic heterocycles. The van der Waals surface area contributed by atoms with Gasteiger partial charge in [-0.1, -0.05) is 0 Å². The van der Waals surface area contributed by atoms with E-state index in [0.29, 0.717) is 0 Å². The van der Waals surface area contributed by atoms with Crippen molar-refractivity contribution in [2.75, 3.05) is 38.1 Å². The molecule has 19 heavy (non-hydrogen) atoms. The van der Waals surface area contributed by atoms with E-state index >= 15 is 0 Å². The van der Waals surface area contributed by atoms with E-state index in [1.807, 2.05) is 19.4 Å². The van der Waals surface area contributed by atoms with Gasteiger partial charge in [0, 0.05) is 44.5 Å². The third-order valence-corrected chi connectivity index (χ3v) is 3.58. The lowest BCUT2D eigenvalue weighted by Crippen LogP contribution is -2.53. The fraction of sp³-hybridized carbons (Fsp3) is 0.714. The third-order valence-electron chi connectivity index (χ3n) is 3.58. The summed E-state index contributed by atoms with van der Waals surface area (Å²) < 4.78 is 0. The molecule has 1 N–H and O–H groups in total. The van der Waals surface area contributed by atoms with Crippen molar-refractivity contribution in [1.82, 2.24) is 20.2 Å². The van der Waals surface area contributed by atoms with Gasteiger partial charge in [-0.3, -0.25) is 9.88 Å². The standard InChI is InChI=1S/C14H25N5/c1-14(2,3)19-7-5-18(6-8-19)13-11-16-10-12(17-13)9-15-4/h10-11,15H,5-9H2,1-4H3. The van der Waals surface area contributed by atoms with Crippen molar-refractivity contribution in [2.24, 2.45) is 0 Å². The van der Waals surface area contributed by atoms with E-state index in [2.05, 4.69) is 45.9 Å². The molecule has 0 bridgehead atoms. The van der Waals surface area contributed by atoms with Gasteiger partial charge in [-0.05, 0) is 27.8 Å². The Bertz CT molecular complexity index is 405. The Hall–Kier alpha value is -1.20. The zero-order valence-electron chi connectivity index (χ0n) is 12.5. The molecule has 5 heteroatoms. The summed E-state index contributed by atoms with van der Waals surface area (Å²) in [4.78, 5) is 13.8. The predicted octanol–water partition coefficient (Wildman–Crippen LogP) is 1.12. The molecule has 106 valence electrons. The van der Waals surface area contributed by atoms with E-state index in [9.17, 15) is 0 Å². The van der Waals surface area contributed by atoms with Crippen LogP contribution in [0.1, 0.15) is 26.5 Å². The molecule has 0 atom stereocenters. The zero-order chi connectivity index (χ0) is 13.9. The number of hydrogen-bond acceptors (Lipinski definition) is 5. The molecule has 2 rings (SSSR count). The first-order chi connectivity index (χ1) is 9.00. The molecule has 5 nitrogen and oxygen atoms in total. The smallest absolute Gasteiger partial charge is 0.147 e. The number of aromatic nitrogens is 2. The van der Waals surface area contributed by atoms with E-state index in [1.165, 1.54) is 0 Å². The average molecular weight is 263 g/mol. The van der Waals surface area contributed by atoms with Gasteiger partial charge in [-0.15, -0.1) is 0 Å². The van der Waals surface area contributed by atoms with Crippen LogP contribution in [0, 0.1) is 0 Å². The highest BCUT2D eigenvalue weighted by Gasteiger charge is 2.26. The van der Waals surface area contributed by atoms with Crippen LogP contribution >= 0.6 is 0 Å². The number of anilines is 1. The van der Waals surface area contributed by atoms with E-state index < -0.39 is 0 Å². The lowest BCUT2D eigenvalue weighted by molar-refractivity contribution is 0.128. The number of nitrogens with one attached hydrogen (secondary N) is 1. The molecule has 0 aromatic carbocycles. The van der Waals surface area contributed by atoms with E-state index in [-0.39, 0.29) is 5.54 Å². The quantitative estimate of drug-likeness (QED) is 0.885. The van der Waals surface area contributed by atoms with E-state index in [4.69, 9.17) is 0 Å². The van der Waals surface area contributed by atoms with Gasteiger partial charge in [-0.2, -0.15) is 0 Å². The van der Waals surface area contributed by atoms with Crippen molar-refractivity contribution in [3.05, 3.63) is 18.1 Å². The number of rotatable bonds is 3. The van der Waals surface area contributed by atoms with Crippen LogP contribution in [-0.4, -0.2) is 53.6 Å². The number of nitrogens with zero attached hydrogens (tertiary/aromatic N) is 4. The van der Waals surface area contributed by atoms with Crippen molar-refractivity contribution >= 4 is 5.82 Å². The van der Waals surface area contributed by atoms with Crippen molar-refractivity contribution < 1.29 is 0 Å². The highest BCUT2D eigenvalue weighted by molar-refractivity contribution is 5.37. The maximum atomic E-state index is 4.66. The number of piperazine rings is 1. The predicted molar refractivity (Wildman–Crippen MR) is 78.3 cm³/mol. The fourth-order valence-electron chi connectivity index (χ4n) is 2.42. The SMILES string of the molecule is CNCc1cncc(N2CCN(C(C)(C)C)CC2)n1. The first kappa shape index (κ1) is 14.2. The topological polar surface area (TPSA) is 44.3 Å². The van der Waals surface area contributed by atoms with Crippen LogP contribution in [0.2, 0.25) is 0 Å². The maximum absolute atomic E-state index is 4.66. The summed E-state index contributed by atoms with van der Waals surface area (Å²) in [6, 6.07) is 0. The molecular weight excluding hydrogens is 238 g/mol. The van der Waals surface area contributed by atoms with Gasteiger partial charge in [0.15, 0.2) is 0 Å². The molecule has 2 heterocycles. The molecule has 0 amide bonds. The van der Waals surface area contributed by atoms with Crippen LogP contribution in [0.25, 0.3) is 0 Å². The second-order valence-electron chi connectivity index (χ2n) is 6.04. The first-order valence-electron chi connectivity index (χ1n) is 6.96. The molecule has 1 aliphatic rings. The van der Waals surface area contributed by atoms with Crippen LogP contribution in [0.5, 0.6) is 0 Å². The molecule has 1 fully saturated rings. The Morgan fingerprint density at radius 1 is 1.16 bits per heavy atom. The number of hydrogen-bond donors (Lipinski definition) is 1. The van der Waals surface area contributed by atoms with Gasteiger partial charge in [0.25, 0.3) is 0 Å². The molecule has 0 spiro atoms. The van der Waals surface area contributed by atoms with E-state index in [0.717, 1.165) is 44.2 Å². The summed E-state index contributed by atoms with van der Waals surface area (Å²) in [6.07, 6.45) is 3.69. The van der Waals surface area contributed by atoms with Gasteiger partial charge in [0.05, 0.1) is 11.9 Å². The Morgan fingerprint density at radius 2 is 1.84 bits per heavy atom. The highest BCUT2D eigenvalue weighted by atomic mass is 15.3. The van der Waals surface area contributed by atoms with Gasteiger partial charge < -0.3 is 10.2 Å². The van der Waals surface area contributed by atoms with E-state index in [1.54, 1.807) is 0 Å². The largest absolute Gasteiger partial charge is 0.353 e. The van der Waals surface area contributed by atoms with Crippen LogP contribution in [0.4, 0.5) is 5.82 Å². The second-order valence-corrected chi connectivity index (χ2v) is 6.04. The Labute approximate surface area is 116 Å². The van der Waals surface area contributed by atoms with Crippen molar-refractivity contribution in [1.29, 1.82) is 0 Å². The summed E-state index contributed by atoms with van der Waals surface area (Å²) in [5.41, 5.74) is 1.25. The molecule has 0 radical (unpaired) electrons. The summed E-state index contributed by atoms with van der Waals surface area (Å²) in [5.74, 6) is 1.00. The minimum atomic E-state index is 0.256. The fourth-order valence-corrected chi connectivity index (χ4v) is 2.42. The molecule has 0 unspecified atom stereocenters. The first-order valence-corrected chi connectivity index (χ1v) is 6.96. The second kappa shape index (κ2) is 5.84. The van der Waals surface area contributed by atoms with Gasteiger partial charge in [0.1, 0.15) is 5.82 Å². The van der Waals surface area contributed by atoms with Crippen molar-refractivity contribution in [3.63, 3.8) is 0 Å². The van der Waals surface area contributed by atoms with Crippen molar-refractivity contribution in [3.8, 4) is 0 Å². The molecule has 0 aliphatic carbocycles. The van der Waals surface area contributed by atoms with Crippen LogP contribution in [0.15, 0.2) is 12.4 Å². The summed E-state index contributed by atoms with van der Waals surface area (Å²) in [5, 5.41) is 3.11. The molecule has 0 saturated carbocycles. The monoisotopic (exact) mass is 263 g/mol. The minimum Gasteiger partial charge on any atom is -0.353 e. The molecule has 1 saturated heterocycles. The summed E-state index contributed by atoms with van der Waals surface area (Å²) >= 11 is 0. The summed E-state index contributed by atoms with van der Waals surface area (Å²) in [6.45, 7) is 11.8. The molecular formula is C14H25N5. The Kier molecular flexibility index (Phi) is 4.37. The normalized spacial score (nSPS) is 17.8. The van der Waals surface area contributed by atoms with Crippen molar-refractivity contribution in [2.45, 2.75) is 32.9 Å².